The second kappa shape index (κ2) is 9.04. The molecule has 104 valence electrons. The summed E-state index contributed by atoms with van der Waals surface area (Å²) >= 11 is 5.30. The van der Waals surface area contributed by atoms with Crippen LogP contribution in [-0.2, 0) is 11.3 Å². The van der Waals surface area contributed by atoms with Gasteiger partial charge in [0, 0.05) is 47.6 Å². The highest BCUT2D eigenvalue weighted by Gasteiger charge is 2.10. The Hall–Kier alpha value is 0.0600. The van der Waals surface area contributed by atoms with Gasteiger partial charge in [-0.1, -0.05) is 0 Å². The molecule has 0 aliphatic heterocycles. The molecular formula is C13H23BrN2OS. The van der Waals surface area contributed by atoms with E-state index in [9.17, 15) is 0 Å². The number of likely N-dealkylation sites (N-methyl/N-ethyl adjacent to an activating group) is 1. The van der Waals surface area contributed by atoms with E-state index in [1.165, 1.54) is 9.35 Å². The predicted molar refractivity (Wildman–Crippen MR) is 82.3 cm³/mol. The van der Waals surface area contributed by atoms with Crippen molar-refractivity contribution < 1.29 is 4.74 Å². The molecule has 1 N–H and O–H groups in total. The highest BCUT2D eigenvalue weighted by Crippen LogP contribution is 2.21. The summed E-state index contributed by atoms with van der Waals surface area (Å²) in [5.41, 5.74) is 0. The van der Waals surface area contributed by atoms with Crippen LogP contribution in [0.25, 0.3) is 0 Å². The van der Waals surface area contributed by atoms with Crippen LogP contribution in [-0.4, -0.2) is 44.8 Å². The fraction of sp³-hybridized carbons (Fsp3) is 0.692. The van der Waals surface area contributed by atoms with E-state index < -0.39 is 0 Å². The van der Waals surface area contributed by atoms with E-state index >= 15 is 0 Å². The van der Waals surface area contributed by atoms with Gasteiger partial charge < -0.3 is 10.1 Å². The first kappa shape index (κ1) is 16.1. The van der Waals surface area contributed by atoms with Crippen molar-refractivity contribution >= 4 is 27.3 Å². The van der Waals surface area contributed by atoms with E-state index in [0.29, 0.717) is 6.04 Å². The largest absolute Gasteiger partial charge is 0.385 e. The first-order valence-corrected chi connectivity index (χ1v) is 7.93. The van der Waals surface area contributed by atoms with Gasteiger partial charge in [0.05, 0.1) is 0 Å². The molecule has 1 aromatic rings. The van der Waals surface area contributed by atoms with Crippen LogP contribution < -0.4 is 5.32 Å². The van der Waals surface area contributed by atoms with Crippen molar-refractivity contribution in [2.45, 2.75) is 25.9 Å². The van der Waals surface area contributed by atoms with E-state index in [-0.39, 0.29) is 0 Å². The van der Waals surface area contributed by atoms with Crippen LogP contribution in [0.4, 0.5) is 0 Å². The Labute approximate surface area is 123 Å². The molecule has 18 heavy (non-hydrogen) atoms. The molecule has 0 saturated heterocycles. The summed E-state index contributed by atoms with van der Waals surface area (Å²) in [6.07, 6.45) is 1.07. The molecule has 1 rings (SSSR count). The molecule has 0 aliphatic rings. The Morgan fingerprint density at radius 2 is 2.33 bits per heavy atom. The van der Waals surface area contributed by atoms with Gasteiger partial charge in [-0.15, -0.1) is 11.3 Å². The third kappa shape index (κ3) is 6.29. The van der Waals surface area contributed by atoms with Gasteiger partial charge in [-0.3, -0.25) is 4.90 Å². The average Bonchev–Trinajstić information content (AvgIpc) is 2.74. The normalized spacial score (nSPS) is 13.2. The van der Waals surface area contributed by atoms with Gasteiger partial charge in [-0.2, -0.15) is 0 Å². The van der Waals surface area contributed by atoms with Crippen molar-refractivity contribution in [3.8, 4) is 0 Å². The van der Waals surface area contributed by atoms with E-state index in [1.54, 1.807) is 18.4 Å². The topological polar surface area (TPSA) is 24.5 Å². The Morgan fingerprint density at radius 3 is 2.94 bits per heavy atom. The molecular weight excluding hydrogens is 312 g/mol. The molecule has 3 nitrogen and oxygen atoms in total. The quantitative estimate of drug-likeness (QED) is 0.702. The lowest BCUT2D eigenvalue weighted by molar-refractivity contribution is 0.191. The van der Waals surface area contributed by atoms with E-state index in [4.69, 9.17) is 4.74 Å². The standard InChI is InChI=1S/C13H23BrN2OS/c1-11(8-15-5-4-6-17-3)16(2)9-13-7-12(14)10-18-13/h7,10-11,15H,4-6,8-9H2,1-3H3. The number of rotatable bonds is 9. The molecule has 0 fully saturated rings. The van der Waals surface area contributed by atoms with Crippen LogP contribution in [0.5, 0.6) is 0 Å². The highest BCUT2D eigenvalue weighted by molar-refractivity contribution is 9.10. The first-order valence-electron chi connectivity index (χ1n) is 6.26. The molecule has 1 unspecified atom stereocenters. The third-order valence-electron chi connectivity index (χ3n) is 2.92. The molecule has 1 atom stereocenters. The van der Waals surface area contributed by atoms with Crippen molar-refractivity contribution in [1.29, 1.82) is 0 Å². The summed E-state index contributed by atoms with van der Waals surface area (Å²) in [6.45, 7) is 6.15. The summed E-state index contributed by atoms with van der Waals surface area (Å²) in [5.74, 6) is 0. The van der Waals surface area contributed by atoms with Gasteiger partial charge in [0.2, 0.25) is 0 Å². The number of nitrogens with one attached hydrogen (secondary N) is 1. The highest BCUT2D eigenvalue weighted by atomic mass is 79.9. The summed E-state index contributed by atoms with van der Waals surface area (Å²) in [6, 6.07) is 2.73. The second-order valence-corrected chi connectivity index (χ2v) is 6.46. The lowest BCUT2D eigenvalue weighted by Gasteiger charge is -2.24. The fourth-order valence-electron chi connectivity index (χ4n) is 1.65. The maximum atomic E-state index is 5.02. The van der Waals surface area contributed by atoms with Crippen LogP contribution in [0.3, 0.4) is 0 Å². The zero-order valence-electron chi connectivity index (χ0n) is 11.4. The summed E-state index contributed by atoms with van der Waals surface area (Å²) < 4.78 is 6.21. The molecule has 0 aromatic carbocycles. The number of hydrogen-bond donors (Lipinski definition) is 1. The molecule has 0 bridgehead atoms. The van der Waals surface area contributed by atoms with E-state index in [0.717, 1.165) is 32.7 Å². The van der Waals surface area contributed by atoms with Crippen molar-refractivity contribution in [3.05, 3.63) is 20.8 Å². The Balaban J connectivity index is 2.18. The minimum absolute atomic E-state index is 0.536. The zero-order valence-corrected chi connectivity index (χ0v) is 13.8. The molecule has 1 heterocycles. The molecule has 0 saturated carbocycles. The van der Waals surface area contributed by atoms with Crippen molar-refractivity contribution in [2.24, 2.45) is 0 Å². The Morgan fingerprint density at radius 1 is 1.56 bits per heavy atom. The number of thiophene rings is 1. The van der Waals surface area contributed by atoms with Crippen LogP contribution in [0, 0.1) is 0 Å². The third-order valence-corrected chi connectivity index (χ3v) is 4.60. The van der Waals surface area contributed by atoms with Gasteiger partial charge >= 0.3 is 0 Å². The Kier molecular flexibility index (Phi) is 8.10. The summed E-state index contributed by atoms with van der Waals surface area (Å²) in [4.78, 5) is 3.78. The van der Waals surface area contributed by atoms with Gasteiger partial charge in [0.15, 0.2) is 0 Å². The first-order chi connectivity index (χ1) is 8.63. The Bertz CT molecular complexity index is 333. The average molecular weight is 335 g/mol. The number of methoxy groups -OCH3 is 1. The van der Waals surface area contributed by atoms with Gasteiger partial charge in [0.25, 0.3) is 0 Å². The SMILES string of the molecule is COCCCNCC(C)N(C)Cc1cc(Br)cs1. The van der Waals surface area contributed by atoms with Crippen LogP contribution in [0.1, 0.15) is 18.2 Å². The van der Waals surface area contributed by atoms with Crippen LogP contribution in [0.15, 0.2) is 15.9 Å². The lowest BCUT2D eigenvalue weighted by Crippen LogP contribution is -2.37. The van der Waals surface area contributed by atoms with E-state index in [2.05, 4.69) is 51.6 Å². The number of hydrogen-bond acceptors (Lipinski definition) is 4. The van der Waals surface area contributed by atoms with Crippen LogP contribution in [0.2, 0.25) is 0 Å². The van der Waals surface area contributed by atoms with E-state index in [1.807, 2.05) is 0 Å². The maximum Gasteiger partial charge on any atom is 0.0474 e. The second-order valence-electron chi connectivity index (χ2n) is 4.55. The smallest absolute Gasteiger partial charge is 0.0474 e. The van der Waals surface area contributed by atoms with Crippen molar-refractivity contribution in [1.82, 2.24) is 10.2 Å². The monoisotopic (exact) mass is 334 g/mol. The molecule has 0 amide bonds. The number of nitrogens with zero attached hydrogens (tertiary/aromatic N) is 1. The molecule has 0 aliphatic carbocycles. The zero-order chi connectivity index (χ0) is 13.4. The molecule has 5 heteroatoms. The van der Waals surface area contributed by atoms with Gasteiger partial charge in [0.1, 0.15) is 0 Å². The summed E-state index contributed by atoms with van der Waals surface area (Å²) in [7, 11) is 3.92. The summed E-state index contributed by atoms with van der Waals surface area (Å²) in [5, 5.41) is 5.60. The molecule has 0 radical (unpaired) electrons. The number of ether oxygens (including phenoxy) is 1. The molecule has 0 spiro atoms. The lowest BCUT2D eigenvalue weighted by atomic mass is 10.2. The minimum atomic E-state index is 0.536. The van der Waals surface area contributed by atoms with Crippen molar-refractivity contribution in [2.75, 3.05) is 33.9 Å². The van der Waals surface area contributed by atoms with Gasteiger partial charge in [-0.05, 0) is 48.9 Å². The number of halogens is 1. The van der Waals surface area contributed by atoms with Crippen LogP contribution >= 0.6 is 27.3 Å². The maximum absolute atomic E-state index is 5.02. The fourth-order valence-corrected chi connectivity index (χ4v) is 3.16. The van der Waals surface area contributed by atoms with Gasteiger partial charge in [-0.25, -0.2) is 0 Å². The predicted octanol–water partition coefficient (Wildman–Crippen LogP) is 2.96. The van der Waals surface area contributed by atoms with Crippen molar-refractivity contribution in [3.63, 3.8) is 0 Å². The minimum Gasteiger partial charge on any atom is -0.385 e. The molecule has 1 aromatic heterocycles.